The van der Waals surface area contributed by atoms with Crippen LogP contribution in [-0.4, -0.2) is 0 Å². The fourth-order valence-electron chi connectivity index (χ4n) is 4.22. The minimum Gasteiger partial charge on any atom is -0.0998 e. The summed E-state index contributed by atoms with van der Waals surface area (Å²) in [6.07, 6.45) is 18.4. The van der Waals surface area contributed by atoms with Crippen molar-refractivity contribution in [2.45, 2.75) is 119 Å². The van der Waals surface area contributed by atoms with Crippen molar-refractivity contribution >= 4 is 0 Å². The topological polar surface area (TPSA) is 0 Å². The predicted octanol–water partition coefficient (Wildman–Crippen LogP) is 8.87. The van der Waals surface area contributed by atoms with E-state index >= 15 is 0 Å². The van der Waals surface area contributed by atoms with E-state index in [0.717, 1.165) is 11.8 Å². The molecule has 0 saturated carbocycles. The van der Waals surface area contributed by atoms with Gasteiger partial charge in [0.05, 0.1) is 0 Å². The van der Waals surface area contributed by atoms with E-state index in [1.807, 2.05) is 0 Å². The Morgan fingerprint density at radius 2 is 1.46 bits per heavy atom. The predicted molar refractivity (Wildman–Crippen MR) is 113 cm³/mol. The molecule has 0 amide bonds. The van der Waals surface area contributed by atoms with Crippen molar-refractivity contribution in [2.24, 2.45) is 11.8 Å². The van der Waals surface area contributed by atoms with Gasteiger partial charge in [-0.2, -0.15) is 0 Å². The molecule has 1 aliphatic carbocycles. The first-order valence-electron chi connectivity index (χ1n) is 10.4. The molecule has 2 atom stereocenters. The van der Waals surface area contributed by atoms with Crippen LogP contribution in [0.5, 0.6) is 0 Å². The van der Waals surface area contributed by atoms with Gasteiger partial charge in [0.25, 0.3) is 0 Å². The first-order chi connectivity index (χ1) is 11.1. The third-order valence-electron chi connectivity index (χ3n) is 6.07. The lowest BCUT2D eigenvalue weighted by Gasteiger charge is -2.32. The molecule has 0 heteroatoms. The molecule has 142 valence electrons. The van der Waals surface area contributed by atoms with Gasteiger partial charge in [-0.05, 0) is 51.4 Å². The Bertz CT molecular complexity index is 360. The van der Waals surface area contributed by atoms with E-state index in [4.69, 9.17) is 0 Å². The SMILES string of the molecule is C.C=C(C)C1CCC(CCCCCCCCCCCC)=C(C)C1C. The maximum Gasteiger partial charge on any atom is -0.0143 e. The van der Waals surface area contributed by atoms with Crippen LogP contribution in [0.1, 0.15) is 119 Å². The highest BCUT2D eigenvalue weighted by Gasteiger charge is 2.25. The Morgan fingerprint density at radius 1 is 0.958 bits per heavy atom. The zero-order valence-corrected chi connectivity index (χ0v) is 16.6. The van der Waals surface area contributed by atoms with Gasteiger partial charge in [0, 0.05) is 0 Å². The molecular formula is C24H46. The Kier molecular flexibility index (Phi) is 13.4. The summed E-state index contributed by atoms with van der Waals surface area (Å²) in [5.41, 5.74) is 4.84. The zero-order valence-electron chi connectivity index (χ0n) is 16.6. The second-order valence-corrected chi connectivity index (χ2v) is 8.00. The molecule has 0 radical (unpaired) electrons. The zero-order chi connectivity index (χ0) is 17.1. The van der Waals surface area contributed by atoms with Gasteiger partial charge < -0.3 is 0 Å². The molecule has 0 aromatic carbocycles. The van der Waals surface area contributed by atoms with Crippen molar-refractivity contribution in [2.75, 3.05) is 0 Å². The number of unbranched alkanes of at least 4 members (excludes halogenated alkanes) is 9. The van der Waals surface area contributed by atoms with Crippen LogP contribution in [0.15, 0.2) is 23.3 Å². The number of rotatable bonds is 12. The van der Waals surface area contributed by atoms with Gasteiger partial charge >= 0.3 is 0 Å². The van der Waals surface area contributed by atoms with Crippen molar-refractivity contribution < 1.29 is 0 Å². The summed E-state index contributed by atoms with van der Waals surface area (Å²) in [4.78, 5) is 0. The van der Waals surface area contributed by atoms with Gasteiger partial charge in [-0.1, -0.05) is 102 Å². The van der Waals surface area contributed by atoms with Crippen molar-refractivity contribution in [1.29, 1.82) is 0 Å². The Balaban J connectivity index is 0.00000529. The summed E-state index contributed by atoms with van der Waals surface area (Å²) in [6.45, 7) is 13.5. The number of hydrogen-bond acceptors (Lipinski definition) is 0. The average Bonchev–Trinajstić information content (AvgIpc) is 2.52. The Morgan fingerprint density at radius 3 is 1.96 bits per heavy atom. The maximum absolute atomic E-state index is 4.19. The van der Waals surface area contributed by atoms with E-state index in [2.05, 4.69) is 34.3 Å². The highest BCUT2D eigenvalue weighted by molar-refractivity contribution is 5.22. The molecule has 0 aliphatic heterocycles. The molecule has 2 unspecified atom stereocenters. The normalized spacial score (nSPS) is 20.8. The summed E-state index contributed by atoms with van der Waals surface area (Å²) < 4.78 is 0. The molecule has 0 saturated heterocycles. The summed E-state index contributed by atoms with van der Waals surface area (Å²) in [5.74, 6) is 1.45. The Hall–Kier alpha value is -0.520. The van der Waals surface area contributed by atoms with Gasteiger partial charge in [0.15, 0.2) is 0 Å². The summed E-state index contributed by atoms with van der Waals surface area (Å²) in [6, 6.07) is 0. The molecule has 1 rings (SSSR count). The first-order valence-corrected chi connectivity index (χ1v) is 10.4. The quantitative estimate of drug-likeness (QED) is 0.247. The van der Waals surface area contributed by atoms with Gasteiger partial charge in [-0.3, -0.25) is 0 Å². The molecule has 0 N–H and O–H groups in total. The summed E-state index contributed by atoms with van der Waals surface area (Å²) in [5, 5.41) is 0. The fraction of sp³-hybridized carbons (Fsp3) is 0.833. The van der Waals surface area contributed by atoms with E-state index in [1.54, 1.807) is 11.1 Å². The third kappa shape index (κ3) is 8.54. The monoisotopic (exact) mass is 334 g/mol. The maximum atomic E-state index is 4.19. The molecule has 0 nitrogen and oxygen atoms in total. The minimum absolute atomic E-state index is 0. The van der Waals surface area contributed by atoms with E-state index in [1.165, 1.54) is 89.0 Å². The van der Waals surface area contributed by atoms with Gasteiger partial charge in [-0.15, -0.1) is 0 Å². The molecule has 0 bridgehead atoms. The molecule has 0 fully saturated rings. The van der Waals surface area contributed by atoms with Crippen LogP contribution < -0.4 is 0 Å². The van der Waals surface area contributed by atoms with E-state index in [9.17, 15) is 0 Å². The Labute approximate surface area is 154 Å². The van der Waals surface area contributed by atoms with Crippen LogP contribution in [0.25, 0.3) is 0 Å². The summed E-state index contributed by atoms with van der Waals surface area (Å²) >= 11 is 0. The van der Waals surface area contributed by atoms with Crippen molar-refractivity contribution in [3.8, 4) is 0 Å². The molecule has 0 aromatic rings. The summed E-state index contributed by atoms with van der Waals surface area (Å²) in [7, 11) is 0. The van der Waals surface area contributed by atoms with Crippen molar-refractivity contribution in [1.82, 2.24) is 0 Å². The highest BCUT2D eigenvalue weighted by Crippen LogP contribution is 2.39. The van der Waals surface area contributed by atoms with Crippen molar-refractivity contribution in [3.63, 3.8) is 0 Å². The smallest absolute Gasteiger partial charge is 0.0143 e. The van der Waals surface area contributed by atoms with E-state index in [-0.39, 0.29) is 7.43 Å². The molecule has 0 spiro atoms. The van der Waals surface area contributed by atoms with Crippen molar-refractivity contribution in [3.05, 3.63) is 23.3 Å². The van der Waals surface area contributed by atoms with Gasteiger partial charge in [0.1, 0.15) is 0 Å². The second-order valence-electron chi connectivity index (χ2n) is 8.00. The minimum atomic E-state index is 0. The largest absolute Gasteiger partial charge is 0.0998 e. The van der Waals surface area contributed by atoms with Crippen LogP contribution in [0.2, 0.25) is 0 Å². The van der Waals surface area contributed by atoms with Crippen LogP contribution in [0.4, 0.5) is 0 Å². The lowest BCUT2D eigenvalue weighted by Crippen LogP contribution is -2.20. The lowest BCUT2D eigenvalue weighted by atomic mass is 9.73. The standard InChI is InChI=1S/C23H42.CH4/c1-6-7-8-9-10-11-12-13-14-15-16-22-17-18-23(19(2)3)21(5)20(22)4;/h21,23H,2,6-18H2,1,3-5H3;1H4. The highest BCUT2D eigenvalue weighted by atomic mass is 14.3. The molecular weight excluding hydrogens is 288 g/mol. The molecule has 0 aromatic heterocycles. The molecule has 0 heterocycles. The van der Waals surface area contributed by atoms with Gasteiger partial charge in [0.2, 0.25) is 0 Å². The number of hydrogen-bond donors (Lipinski definition) is 0. The van der Waals surface area contributed by atoms with Gasteiger partial charge in [-0.25, -0.2) is 0 Å². The molecule has 1 aliphatic rings. The third-order valence-corrected chi connectivity index (χ3v) is 6.07. The fourth-order valence-corrected chi connectivity index (χ4v) is 4.22. The van der Waals surface area contributed by atoms with E-state index < -0.39 is 0 Å². The van der Waals surface area contributed by atoms with Crippen LogP contribution >= 0.6 is 0 Å². The van der Waals surface area contributed by atoms with E-state index in [0.29, 0.717) is 0 Å². The number of allylic oxidation sites excluding steroid dienone is 3. The van der Waals surface area contributed by atoms with Crippen LogP contribution in [-0.2, 0) is 0 Å². The lowest BCUT2D eigenvalue weighted by molar-refractivity contribution is 0.398. The van der Waals surface area contributed by atoms with Crippen LogP contribution in [0, 0.1) is 11.8 Å². The first kappa shape index (κ1) is 23.5. The second kappa shape index (κ2) is 13.7. The molecule has 24 heavy (non-hydrogen) atoms. The average molecular weight is 335 g/mol. The van der Waals surface area contributed by atoms with Crippen LogP contribution in [0.3, 0.4) is 0 Å².